The number of ether oxygens (including phenoxy) is 1. The topological polar surface area (TPSA) is 24.3 Å². The normalized spacial score (nSPS) is 18.9. The van der Waals surface area contributed by atoms with E-state index in [1.54, 1.807) is 7.11 Å². The molecular weight excluding hydrogens is 188 g/mol. The van der Waals surface area contributed by atoms with Gasteiger partial charge in [-0.1, -0.05) is 6.08 Å². The highest BCUT2D eigenvalue weighted by Gasteiger charge is 2.32. The quantitative estimate of drug-likeness (QED) is 0.312. The Morgan fingerprint density at radius 2 is 2.13 bits per heavy atom. The zero-order chi connectivity index (χ0) is 11.9. The molecule has 0 rings (SSSR count). The largest absolute Gasteiger partial charge is 0.365 e. The van der Waals surface area contributed by atoms with Crippen molar-refractivity contribution < 1.29 is 9.31 Å². The van der Waals surface area contributed by atoms with E-state index in [9.17, 15) is 0 Å². The number of allylic oxidation sites excluding steroid dienone is 1. The summed E-state index contributed by atoms with van der Waals surface area (Å²) in [5.74, 6) is 0. The van der Waals surface area contributed by atoms with Gasteiger partial charge in [-0.25, -0.2) is 4.58 Å². The maximum Gasteiger partial charge on any atom is 0.163 e. The minimum atomic E-state index is -0.238. The zero-order valence-corrected chi connectivity index (χ0v) is 10.4. The van der Waals surface area contributed by atoms with Gasteiger partial charge in [-0.2, -0.15) is 0 Å². The summed E-state index contributed by atoms with van der Waals surface area (Å²) in [5, 5.41) is 3.12. The molecule has 1 N–H and O–H groups in total. The molecule has 0 heterocycles. The van der Waals surface area contributed by atoms with Gasteiger partial charge in [0.25, 0.3) is 0 Å². The minimum Gasteiger partial charge on any atom is -0.365 e. The number of hydrogen-bond donors (Lipinski definition) is 1. The van der Waals surface area contributed by atoms with Crippen LogP contribution in [0.3, 0.4) is 0 Å². The standard InChI is InChI=1S/C12H23N2O/c1-7-9-14(5)10-12(3,8-2)11(13-4)15-6/h7-11,13H,2H2,1,3-6H3/q+1. The average Bonchev–Trinajstić information content (AvgIpc) is 2.19. The Kier molecular flexibility index (Phi) is 6.13. The molecule has 0 radical (unpaired) electrons. The molecule has 2 atom stereocenters. The van der Waals surface area contributed by atoms with Gasteiger partial charge in [0.2, 0.25) is 0 Å². The number of methoxy groups -OCH3 is 1. The third kappa shape index (κ3) is 3.98. The summed E-state index contributed by atoms with van der Waals surface area (Å²) in [6.45, 7) is 7.92. The number of rotatable bonds is 6. The van der Waals surface area contributed by atoms with Crippen molar-refractivity contribution >= 4 is 6.21 Å². The van der Waals surface area contributed by atoms with Crippen LogP contribution < -0.4 is 5.32 Å². The lowest BCUT2D eigenvalue weighted by atomic mass is 9.90. The second kappa shape index (κ2) is 6.53. The summed E-state index contributed by atoms with van der Waals surface area (Å²) in [5.41, 5.74) is -0.238. The van der Waals surface area contributed by atoms with Gasteiger partial charge in [0.05, 0.1) is 0 Å². The maximum atomic E-state index is 5.37. The molecule has 0 saturated heterocycles. The van der Waals surface area contributed by atoms with Crippen LogP contribution in [0.25, 0.3) is 0 Å². The fourth-order valence-electron chi connectivity index (χ4n) is 1.63. The number of nitrogens with zero attached hydrogens (tertiary/aromatic N) is 1. The van der Waals surface area contributed by atoms with Crippen LogP contribution in [0.4, 0.5) is 0 Å². The van der Waals surface area contributed by atoms with Gasteiger partial charge in [-0.3, -0.25) is 5.32 Å². The molecule has 2 unspecified atom stereocenters. The highest BCUT2D eigenvalue weighted by molar-refractivity contribution is 5.64. The summed E-state index contributed by atoms with van der Waals surface area (Å²) < 4.78 is 7.38. The van der Waals surface area contributed by atoms with Crippen LogP contribution in [0.5, 0.6) is 0 Å². The van der Waals surface area contributed by atoms with Crippen molar-refractivity contribution in [3.05, 3.63) is 24.9 Å². The van der Waals surface area contributed by atoms with E-state index in [1.807, 2.05) is 43.9 Å². The van der Waals surface area contributed by atoms with Crippen molar-refractivity contribution in [1.82, 2.24) is 5.32 Å². The Morgan fingerprint density at radius 1 is 1.53 bits per heavy atom. The van der Waals surface area contributed by atoms with Gasteiger partial charge >= 0.3 is 0 Å². The fraction of sp³-hybridized carbons (Fsp3) is 0.583. The Hall–Kier alpha value is -0.930. The average molecular weight is 211 g/mol. The lowest BCUT2D eigenvalue weighted by Gasteiger charge is -2.28. The smallest absolute Gasteiger partial charge is 0.163 e. The Morgan fingerprint density at radius 3 is 2.47 bits per heavy atom. The van der Waals surface area contributed by atoms with E-state index in [2.05, 4.69) is 25.0 Å². The molecule has 86 valence electrons. The SMILES string of the molecule is C=CC(C)(C=[N+](C)C=CC)C(NC)OC. The van der Waals surface area contributed by atoms with Crippen LogP contribution in [0, 0.1) is 5.41 Å². The van der Waals surface area contributed by atoms with Crippen molar-refractivity contribution in [2.75, 3.05) is 21.2 Å². The van der Waals surface area contributed by atoms with Crippen molar-refractivity contribution in [3.63, 3.8) is 0 Å². The second-order valence-corrected chi connectivity index (χ2v) is 3.75. The third-order valence-corrected chi connectivity index (χ3v) is 2.37. The van der Waals surface area contributed by atoms with E-state index >= 15 is 0 Å². The molecule has 15 heavy (non-hydrogen) atoms. The summed E-state index contributed by atoms with van der Waals surface area (Å²) in [4.78, 5) is 0. The molecule has 0 aromatic heterocycles. The second-order valence-electron chi connectivity index (χ2n) is 3.75. The van der Waals surface area contributed by atoms with Crippen molar-refractivity contribution in [2.24, 2.45) is 5.41 Å². The first-order chi connectivity index (χ1) is 7.03. The molecule has 0 amide bonds. The molecule has 0 aromatic rings. The first kappa shape index (κ1) is 14.1. The molecule has 0 spiro atoms. The molecular formula is C12H23N2O+. The molecule has 0 aliphatic heterocycles. The van der Waals surface area contributed by atoms with Gasteiger partial charge < -0.3 is 4.74 Å². The first-order valence-electron chi connectivity index (χ1n) is 5.08. The Bertz CT molecular complexity index is 254. The minimum absolute atomic E-state index is 0.0808. The van der Waals surface area contributed by atoms with Crippen LogP contribution in [0.1, 0.15) is 13.8 Å². The molecule has 0 saturated carbocycles. The van der Waals surface area contributed by atoms with Gasteiger partial charge in [-0.15, -0.1) is 6.58 Å². The highest BCUT2D eigenvalue weighted by atomic mass is 16.5. The van der Waals surface area contributed by atoms with Gasteiger partial charge in [-0.05, 0) is 27.0 Å². The van der Waals surface area contributed by atoms with Crippen LogP contribution in [0.15, 0.2) is 24.9 Å². The lowest BCUT2D eigenvalue weighted by molar-refractivity contribution is -0.421. The van der Waals surface area contributed by atoms with Gasteiger partial charge in [0, 0.05) is 7.11 Å². The summed E-state index contributed by atoms with van der Waals surface area (Å²) >= 11 is 0. The number of nitrogens with one attached hydrogen (secondary N) is 1. The predicted octanol–water partition coefficient (Wildman–Crippen LogP) is 1.62. The van der Waals surface area contributed by atoms with E-state index < -0.39 is 0 Å². The van der Waals surface area contributed by atoms with Crippen LogP contribution in [-0.2, 0) is 4.74 Å². The van der Waals surface area contributed by atoms with E-state index in [0.29, 0.717) is 0 Å². The molecule has 0 aliphatic carbocycles. The Balaban J connectivity index is 4.99. The van der Waals surface area contributed by atoms with E-state index in [4.69, 9.17) is 4.74 Å². The van der Waals surface area contributed by atoms with Crippen LogP contribution in [0.2, 0.25) is 0 Å². The molecule has 0 fully saturated rings. The number of hydrogen-bond acceptors (Lipinski definition) is 2. The molecule has 0 aromatic carbocycles. The third-order valence-electron chi connectivity index (χ3n) is 2.37. The predicted molar refractivity (Wildman–Crippen MR) is 65.2 cm³/mol. The summed E-state index contributed by atoms with van der Waals surface area (Å²) in [7, 11) is 5.55. The highest BCUT2D eigenvalue weighted by Crippen LogP contribution is 2.20. The Labute approximate surface area is 93.1 Å². The zero-order valence-electron chi connectivity index (χ0n) is 10.4. The lowest BCUT2D eigenvalue weighted by Crippen LogP contribution is -2.44. The molecule has 0 bridgehead atoms. The summed E-state index contributed by atoms with van der Waals surface area (Å²) in [6.07, 6.45) is 7.86. The van der Waals surface area contributed by atoms with Crippen LogP contribution in [-0.4, -0.2) is 38.2 Å². The van der Waals surface area contributed by atoms with E-state index in [0.717, 1.165) is 0 Å². The maximum absolute atomic E-state index is 5.37. The monoisotopic (exact) mass is 211 g/mol. The molecule has 0 aliphatic rings. The summed E-state index contributed by atoms with van der Waals surface area (Å²) in [6, 6.07) is 0. The van der Waals surface area contributed by atoms with E-state index in [1.165, 1.54) is 0 Å². The van der Waals surface area contributed by atoms with Gasteiger partial charge in [0.15, 0.2) is 12.4 Å². The first-order valence-corrected chi connectivity index (χ1v) is 5.08. The van der Waals surface area contributed by atoms with Crippen molar-refractivity contribution in [2.45, 2.75) is 20.1 Å². The van der Waals surface area contributed by atoms with Crippen molar-refractivity contribution in [3.8, 4) is 0 Å². The molecule has 3 nitrogen and oxygen atoms in total. The van der Waals surface area contributed by atoms with Gasteiger partial charge in [0.1, 0.15) is 18.7 Å². The van der Waals surface area contributed by atoms with Crippen molar-refractivity contribution in [1.29, 1.82) is 0 Å². The fourth-order valence-corrected chi connectivity index (χ4v) is 1.63. The van der Waals surface area contributed by atoms with E-state index in [-0.39, 0.29) is 11.6 Å². The molecule has 3 heteroatoms. The van der Waals surface area contributed by atoms with Crippen LogP contribution >= 0.6 is 0 Å².